The van der Waals surface area contributed by atoms with Gasteiger partial charge in [-0.05, 0) is 99.8 Å². The van der Waals surface area contributed by atoms with Crippen LogP contribution in [0.4, 0.5) is 0 Å². The van der Waals surface area contributed by atoms with Gasteiger partial charge < -0.3 is 10.2 Å². The van der Waals surface area contributed by atoms with Gasteiger partial charge in [0.2, 0.25) is 27.7 Å². The average molecular weight is 799 g/mol. The largest absolute Gasteiger partial charge is 0.344 e. The molecule has 0 unspecified atom stereocenters. The first-order chi connectivity index (χ1) is 25.7. The van der Waals surface area contributed by atoms with Crippen LogP contribution in [0.5, 0.6) is 0 Å². The Morgan fingerprint density at radius 3 is 1.98 bits per heavy atom. The monoisotopic (exact) mass is 798 g/mol. The normalized spacial score (nSPS) is 29.3. The number of carbonyl (C=O) groups excluding carboxylic acids is 5. The molecule has 0 bridgehead atoms. The number of allylic oxidation sites excluding steroid dienone is 1. The minimum atomic E-state index is -3.82. The van der Waals surface area contributed by atoms with E-state index in [1.165, 1.54) is 0 Å². The molecule has 6 aliphatic rings. The Balaban J connectivity index is 1.27. The standard InChI is InChI=1S/C44H70N4O7S/c1-27(2)47-20-13-12-15-31(47)36(51)45-35(40(7,8)9)33(49)21-30(39(4,5)6)37(52)48-26-44(41(10,11)43(44)18-14-19-43)24-32(48)34(50)25-42(22-28(3)23-42)38(53)46-56(54,55)29-16-17-29/h27,29-32,35H,3,12-26H2,1-2,4-11H3,(H,45,51)(H,46,53)/t30-,31+,32+,35-,44-/m1/s1. The number of likely N-dealkylation sites (tertiary alicyclic amines) is 2. The Kier molecular flexibility index (Phi) is 11.0. The van der Waals surface area contributed by atoms with Crippen molar-refractivity contribution in [3.8, 4) is 0 Å². The molecule has 0 aromatic rings. The molecule has 11 nitrogen and oxygen atoms in total. The van der Waals surface area contributed by atoms with Crippen molar-refractivity contribution in [2.24, 2.45) is 38.4 Å². The Hall–Kier alpha value is -2.60. The lowest BCUT2D eigenvalue weighted by molar-refractivity contribution is -0.148. The minimum absolute atomic E-state index is 0.0311. The van der Waals surface area contributed by atoms with Crippen molar-refractivity contribution >= 4 is 39.3 Å². The molecule has 314 valence electrons. The molecule has 0 aromatic heterocycles. The Bertz CT molecular complexity index is 1750. The number of nitrogens with one attached hydrogen (secondary N) is 2. The predicted octanol–water partition coefficient (Wildman–Crippen LogP) is 6.10. The van der Waals surface area contributed by atoms with E-state index in [-0.39, 0.29) is 77.4 Å². The summed E-state index contributed by atoms with van der Waals surface area (Å²) in [5, 5.41) is 2.57. The van der Waals surface area contributed by atoms with Crippen molar-refractivity contribution in [3.63, 3.8) is 0 Å². The van der Waals surface area contributed by atoms with Gasteiger partial charge in [0, 0.05) is 36.8 Å². The van der Waals surface area contributed by atoms with E-state index in [1.807, 2.05) is 41.5 Å². The zero-order valence-electron chi connectivity index (χ0n) is 35.9. The number of piperidine rings is 1. The highest BCUT2D eigenvalue weighted by molar-refractivity contribution is 7.90. The Morgan fingerprint density at radius 2 is 1.50 bits per heavy atom. The molecule has 2 aliphatic heterocycles. The topological polar surface area (TPSA) is 150 Å². The summed E-state index contributed by atoms with van der Waals surface area (Å²) in [5.41, 5.74) is -2.04. The third-order valence-electron chi connectivity index (χ3n) is 15.6. The SMILES string of the molecule is C=C1CC(CC(=O)[C@@H]2C[C@@]3(CN2C(=O)[C@@H](CC(=O)[C@@H](NC(=O)[C@@H]2CCCCN2C(C)C)C(C)(C)C)C(C)(C)C)C(C)(C)C32CCC2)(C(=O)NS(=O)(=O)C2CC2)C1. The lowest BCUT2D eigenvalue weighted by atomic mass is 9.62. The minimum Gasteiger partial charge on any atom is -0.344 e. The van der Waals surface area contributed by atoms with Crippen molar-refractivity contribution in [2.75, 3.05) is 13.1 Å². The molecule has 56 heavy (non-hydrogen) atoms. The molecule has 0 radical (unpaired) electrons. The van der Waals surface area contributed by atoms with Gasteiger partial charge in [0.15, 0.2) is 11.6 Å². The third kappa shape index (κ3) is 7.23. The second-order valence-electron chi connectivity index (χ2n) is 21.8. The second-order valence-corrected chi connectivity index (χ2v) is 23.7. The van der Waals surface area contributed by atoms with Gasteiger partial charge in [-0.3, -0.25) is 33.6 Å². The lowest BCUT2D eigenvalue weighted by Crippen LogP contribution is -2.58. The van der Waals surface area contributed by atoms with Crippen LogP contribution >= 0.6 is 0 Å². The van der Waals surface area contributed by atoms with Crippen LogP contribution in [0.2, 0.25) is 0 Å². The van der Waals surface area contributed by atoms with Crippen LogP contribution in [0.1, 0.15) is 153 Å². The molecule has 12 heteroatoms. The van der Waals surface area contributed by atoms with Crippen LogP contribution in [0.25, 0.3) is 0 Å². The van der Waals surface area contributed by atoms with E-state index in [2.05, 4.69) is 49.2 Å². The van der Waals surface area contributed by atoms with Crippen molar-refractivity contribution in [1.82, 2.24) is 19.8 Å². The van der Waals surface area contributed by atoms with Gasteiger partial charge in [-0.2, -0.15) is 0 Å². The fourth-order valence-electron chi connectivity index (χ4n) is 11.7. The molecule has 6 fully saturated rings. The molecular weight excluding hydrogens is 729 g/mol. The van der Waals surface area contributed by atoms with Gasteiger partial charge in [-0.25, -0.2) is 8.42 Å². The summed E-state index contributed by atoms with van der Waals surface area (Å²) in [6.07, 6.45) is 7.59. The number of ketones is 2. The van der Waals surface area contributed by atoms with Gasteiger partial charge in [-0.1, -0.05) is 80.4 Å². The summed E-state index contributed by atoms with van der Waals surface area (Å²) in [6.45, 7) is 25.6. The Labute approximate surface area is 336 Å². The summed E-state index contributed by atoms with van der Waals surface area (Å²) in [4.78, 5) is 76.1. The molecule has 2 heterocycles. The number of amides is 3. The van der Waals surface area contributed by atoms with Crippen LogP contribution in [-0.2, 0) is 34.0 Å². The zero-order valence-corrected chi connectivity index (χ0v) is 36.8. The first kappa shape index (κ1) is 43.0. The van der Waals surface area contributed by atoms with Crippen molar-refractivity contribution in [2.45, 2.75) is 182 Å². The molecular formula is C44H70N4O7S. The van der Waals surface area contributed by atoms with Crippen LogP contribution in [0.15, 0.2) is 12.2 Å². The van der Waals surface area contributed by atoms with Gasteiger partial charge in [0.25, 0.3) is 0 Å². The van der Waals surface area contributed by atoms with E-state index >= 15 is 4.79 Å². The number of hydrogen-bond donors (Lipinski definition) is 2. The van der Waals surface area contributed by atoms with Crippen LogP contribution in [0, 0.1) is 38.4 Å². The average Bonchev–Trinajstić information content (AvgIpc) is 3.92. The molecule has 6 rings (SSSR count). The summed E-state index contributed by atoms with van der Waals surface area (Å²) in [6, 6.07) is -1.74. The summed E-state index contributed by atoms with van der Waals surface area (Å²) >= 11 is 0. The van der Waals surface area contributed by atoms with E-state index in [0.29, 0.717) is 25.8 Å². The van der Waals surface area contributed by atoms with Crippen LogP contribution in [-0.4, -0.2) is 90.0 Å². The quantitative estimate of drug-likeness (QED) is 0.212. The van der Waals surface area contributed by atoms with E-state index in [1.54, 1.807) is 4.90 Å². The van der Waals surface area contributed by atoms with Gasteiger partial charge in [0.1, 0.15) is 0 Å². The first-order valence-electron chi connectivity index (χ1n) is 21.4. The van der Waals surface area contributed by atoms with Gasteiger partial charge >= 0.3 is 0 Å². The number of nitrogens with zero attached hydrogens (tertiary/aromatic N) is 2. The molecule has 2 N–H and O–H groups in total. The summed E-state index contributed by atoms with van der Waals surface area (Å²) in [7, 11) is -3.82. The van der Waals surface area contributed by atoms with E-state index in [0.717, 1.165) is 50.6 Å². The smallest absolute Gasteiger partial charge is 0.240 e. The Morgan fingerprint density at radius 1 is 0.875 bits per heavy atom. The van der Waals surface area contributed by atoms with Gasteiger partial charge in [-0.15, -0.1) is 0 Å². The molecule has 0 aromatic carbocycles. The number of rotatable bonds is 13. The maximum atomic E-state index is 15.2. The number of sulfonamides is 1. The molecule has 4 aliphatic carbocycles. The van der Waals surface area contributed by atoms with E-state index < -0.39 is 55.4 Å². The maximum absolute atomic E-state index is 15.2. The summed E-state index contributed by atoms with van der Waals surface area (Å²) in [5.74, 6) is -2.27. The van der Waals surface area contributed by atoms with Crippen molar-refractivity contribution in [3.05, 3.63) is 12.2 Å². The second kappa shape index (κ2) is 14.3. The maximum Gasteiger partial charge on any atom is 0.240 e. The van der Waals surface area contributed by atoms with Gasteiger partial charge in [0.05, 0.1) is 28.8 Å². The highest BCUT2D eigenvalue weighted by Gasteiger charge is 2.85. The molecule has 4 saturated carbocycles. The highest BCUT2D eigenvalue weighted by atomic mass is 32.2. The molecule has 2 spiro atoms. The fraction of sp³-hybridized carbons (Fsp3) is 0.841. The predicted molar refractivity (Wildman–Crippen MR) is 217 cm³/mol. The fourth-order valence-corrected chi connectivity index (χ4v) is 13.1. The van der Waals surface area contributed by atoms with Crippen molar-refractivity contribution in [1.29, 1.82) is 0 Å². The third-order valence-corrected chi connectivity index (χ3v) is 17.4. The van der Waals surface area contributed by atoms with E-state index in [4.69, 9.17) is 0 Å². The number of Topliss-reactive ketones (excluding diaryl/α,β-unsaturated/α-hetero) is 2. The number of fused-ring (bicyclic) bond motifs is 1. The van der Waals surface area contributed by atoms with Crippen molar-refractivity contribution < 1.29 is 32.4 Å². The molecule has 2 saturated heterocycles. The highest BCUT2D eigenvalue weighted by Crippen LogP contribution is 2.88. The van der Waals surface area contributed by atoms with E-state index in [9.17, 15) is 27.6 Å². The zero-order chi connectivity index (χ0) is 41.6. The molecule has 3 amide bonds. The first-order valence-corrected chi connectivity index (χ1v) is 22.9. The number of carbonyl (C=O) groups is 5. The van der Waals surface area contributed by atoms with Crippen LogP contribution in [0.3, 0.4) is 0 Å². The number of hydrogen-bond acceptors (Lipinski definition) is 8. The summed E-state index contributed by atoms with van der Waals surface area (Å²) < 4.78 is 28.0. The molecule has 5 atom stereocenters. The van der Waals surface area contributed by atoms with Crippen LogP contribution < -0.4 is 10.0 Å². The lowest BCUT2D eigenvalue weighted by Gasteiger charge is -2.42.